The molecule has 0 bridgehead atoms. The van der Waals surface area contributed by atoms with Crippen LogP contribution in [0.3, 0.4) is 0 Å². The Labute approximate surface area is 172 Å². The zero-order valence-electron chi connectivity index (χ0n) is 17.4. The van der Waals surface area contributed by atoms with E-state index in [0.717, 1.165) is 16.7 Å². The van der Waals surface area contributed by atoms with Crippen LogP contribution in [0.5, 0.6) is 0 Å². The lowest BCUT2D eigenvalue weighted by Gasteiger charge is -2.19. The molecule has 29 heavy (non-hydrogen) atoms. The predicted molar refractivity (Wildman–Crippen MR) is 112 cm³/mol. The molecule has 0 aromatic heterocycles. The van der Waals surface area contributed by atoms with Crippen molar-refractivity contribution in [3.05, 3.63) is 71.3 Å². The third-order valence-corrected chi connectivity index (χ3v) is 3.88. The number of alkyl carbamates (subject to hydrolysis) is 1. The van der Waals surface area contributed by atoms with Crippen molar-refractivity contribution in [3.63, 3.8) is 0 Å². The van der Waals surface area contributed by atoms with Crippen LogP contribution >= 0.6 is 0 Å². The van der Waals surface area contributed by atoms with Crippen LogP contribution in [0.1, 0.15) is 43.9 Å². The smallest absolute Gasteiger partial charge is 0.407 e. The van der Waals surface area contributed by atoms with Crippen LogP contribution < -0.4 is 10.6 Å². The van der Waals surface area contributed by atoms with Gasteiger partial charge in [0.15, 0.2) is 0 Å². The maximum Gasteiger partial charge on any atom is 0.407 e. The van der Waals surface area contributed by atoms with E-state index in [1.807, 2.05) is 54.6 Å². The lowest BCUT2D eigenvalue weighted by atomic mass is 10.1. The van der Waals surface area contributed by atoms with Crippen molar-refractivity contribution in [2.45, 2.75) is 52.6 Å². The highest BCUT2D eigenvalue weighted by atomic mass is 16.6. The minimum atomic E-state index is -0.553. The molecule has 156 valence electrons. The van der Waals surface area contributed by atoms with E-state index in [-0.39, 0.29) is 18.9 Å². The molecule has 2 aromatic rings. The topological polar surface area (TPSA) is 76.7 Å². The molecule has 0 radical (unpaired) electrons. The minimum Gasteiger partial charge on any atom is -0.444 e. The average Bonchev–Trinajstić information content (AvgIpc) is 2.66. The van der Waals surface area contributed by atoms with Crippen LogP contribution in [0, 0.1) is 0 Å². The monoisotopic (exact) mass is 398 g/mol. The molecule has 0 saturated carbocycles. The van der Waals surface area contributed by atoms with Crippen LogP contribution in [0.2, 0.25) is 0 Å². The summed E-state index contributed by atoms with van der Waals surface area (Å²) in [7, 11) is 0. The number of carbonyl (C=O) groups excluding carboxylic acids is 2. The Morgan fingerprint density at radius 1 is 0.862 bits per heavy atom. The average molecular weight is 399 g/mol. The van der Waals surface area contributed by atoms with E-state index in [1.54, 1.807) is 20.8 Å². The van der Waals surface area contributed by atoms with Gasteiger partial charge in [0.1, 0.15) is 5.60 Å². The molecule has 2 amide bonds. The molecule has 0 aliphatic rings. The largest absolute Gasteiger partial charge is 0.444 e. The third kappa shape index (κ3) is 9.76. The first-order valence-corrected chi connectivity index (χ1v) is 9.75. The number of ether oxygens (including phenoxy) is 2. The van der Waals surface area contributed by atoms with Crippen molar-refractivity contribution in [3.8, 4) is 0 Å². The number of benzene rings is 2. The van der Waals surface area contributed by atoms with Crippen molar-refractivity contribution < 1.29 is 19.1 Å². The van der Waals surface area contributed by atoms with Crippen LogP contribution in [0.15, 0.2) is 54.6 Å². The molecule has 0 fully saturated rings. The van der Waals surface area contributed by atoms with E-state index in [9.17, 15) is 9.59 Å². The van der Waals surface area contributed by atoms with Gasteiger partial charge in [0.25, 0.3) is 0 Å². The fourth-order valence-electron chi connectivity index (χ4n) is 2.57. The standard InChI is InChI=1S/C23H30N2O4/c1-23(2,3)29-22(27)24-13-12-21(26)25-15-19-10-7-11-20(14-19)17-28-16-18-8-5-4-6-9-18/h4-11,14H,12-13,15-17H2,1-3H3,(H,24,27)(H,25,26). The summed E-state index contributed by atoms with van der Waals surface area (Å²) in [6, 6.07) is 18.0. The number of amides is 2. The van der Waals surface area contributed by atoms with Gasteiger partial charge in [-0.1, -0.05) is 54.6 Å². The summed E-state index contributed by atoms with van der Waals surface area (Å²) in [5.41, 5.74) is 2.64. The van der Waals surface area contributed by atoms with Gasteiger partial charge in [-0.05, 0) is 37.5 Å². The molecule has 6 heteroatoms. The molecule has 6 nitrogen and oxygen atoms in total. The van der Waals surface area contributed by atoms with Gasteiger partial charge in [-0.2, -0.15) is 0 Å². The Bertz CT molecular complexity index is 785. The molecule has 0 heterocycles. The lowest BCUT2D eigenvalue weighted by Crippen LogP contribution is -2.35. The van der Waals surface area contributed by atoms with E-state index < -0.39 is 11.7 Å². The summed E-state index contributed by atoms with van der Waals surface area (Å²) < 4.78 is 10.9. The molecule has 0 aliphatic heterocycles. The highest BCUT2D eigenvalue weighted by Gasteiger charge is 2.15. The van der Waals surface area contributed by atoms with E-state index in [0.29, 0.717) is 19.8 Å². The summed E-state index contributed by atoms with van der Waals surface area (Å²) in [4.78, 5) is 23.5. The second kappa shape index (κ2) is 11.2. The van der Waals surface area contributed by atoms with Crippen LogP contribution in [0.4, 0.5) is 4.79 Å². The number of nitrogens with one attached hydrogen (secondary N) is 2. The van der Waals surface area contributed by atoms with E-state index >= 15 is 0 Å². The van der Waals surface area contributed by atoms with Gasteiger partial charge in [0.2, 0.25) is 5.91 Å². The van der Waals surface area contributed by atoms with Crippen LogP contribution in [-0.2, 0) is 34.0 Å². The highest BCUT2D eigenvalue weighted by molar-refractivity contribution is 5.77. The van der Waals surface area contributed by atoms with Crippen molar-refractivity contribution in [1.82, 2.24) is 10.6 Å². The maximum atomic E-state index is 12.0. The molecular weight excluding hydrogens is 368 g/mol. The van der Waals surface area contributed by atoms with E-state index in [2.05, 4.69) is 10.6 Å². The Balaban J connectivity index is 1.67. The first kappa shape index (κ1) is 22.4. The van der Waals surface area contributed by atoms with Crippen molar-refractivity contribution in [2.75, 3.05) is 6.54 Å². The van der Waals surface area contributed by atoms with E-state index in [4.69, 9.17) is 9.47 Å². The number of hydrogen-bond donors (Lipinski definition) is 2. The maximum absolute atomic E-state index is 12.0. The second-order valence-electron chi connectivity index (χ2n) is 7.75. The summed E-state index contributed by atoms with van der Waals surface area (Å²) in [5.74, 6) is -0.133. The van der Waals surface area contributed by atoms with Gasteiger partial charge in [0.05, 0.1) is 13.2 Å². The summed E-state index contributed by atoms with van der Waals surface area (Å²) >= 11 is 0. The fourth-order valence-corrected chi connectivity index (χ4v) is 2.57. The molecule has 0 atom stereocenters. The Morgan fingerprint density at radius 2 is 1.52 bits per heavy atom. The quantitative estimate of drug-likeness (QED) is 0.671. The Kier molecular flexibility index (Phi) is 8.68. The number of hydrogen-bond acceptors (Lipinski definition) is 4. The van der Waals surface area contributed by atoms with Gasteiger partial charge < -0.3 is 20.1 Å². The van der Waals surface area contributed by atoms with E-state index in [1.165, 1.54) is 0 Å². The van der Waals surface area contributed by atoms with Gasteiger partial charge in [-0.15, -0.1) is 0 Å². The fraction of sp³-hybridized carbons (Fsp3) is 0.391. The molecule has 2 aromatic carbocycles. The molecule has 2 rings (SSSR count). The van der Waals surface area contributed by atoms with Crippen LogP contribution in [0.25, 0.3) is 0 Å². The predicted octanol–water partition coefficient (Wildman–Crippen LogP) is 3.93. The van der Waals surface area contributed by atoms with Gasteiger partial charge in [0, 0.05) is 19.5 Å². The lowest BCUT2D eigenvalue weighted by molar-refractivity contribution is -0.121. The van der Waals surface area contributed by atoms with Crippen molar-refractivity contribution >= 4 is 12.0 Å². The first-order valence-electron chi connectivity index (χ1n) is 9.75. The van der Waals surface area contributed by atoms with Crippen molar-refractivity contribution in [2.24, 2.45) is 0 Å². The number of carbonyl (C=O) groups is 2. The first-order chi connectivity index (χ1) is 13.8. The minimum absolute atomic E-state index is 0.133. The molecule has 2 N–H and O–H groups in total. The SMILES string of the molecule is CC(C)(C)OC(=O)NCCC(=O)NCc1cccc(COCc2ccccc2)c1. The van der Waals surface area contributed by atoms with Gasteiger partial charge in [-0.3, -0.25) is 4.79 Å². The molecule has 0 saturated heterocycles. The zero-order valence-corrected chi connectivity index (χ0v) is 17.4. The summed E-state index contributed by atoms with van der Waals surface area (Å²) in [6.45, 7) is 7.11. The van der Waals surface area contributed by atoms with Crippen molar-refractivity contribution in [1.29, 1.82) is 0 Å². The Hall–Kier alpha value is -2.86. The highest BCUT2D eigenvalue weighted by Crippen LogP contribution is 2.09. The van der Waals surface area contributed by atoms with Gasteiger partial charge in [-0.25, -0.2) is 4.79 Å². The normalized spacial score (nSPS) is 11.0. The van der Waals surface area contributed by atoms with Gasteiger partial charge >= 0.3 is 6.09 Å². The van der Waals surface area contributed by atoms with Crippen LogP contribution in [-0.4, -0.2) is 24.1 Å². The zero-order chi connectivity index (χ0) is 21.1. The second-order valence-corrected chi connectivity index (χ2v) is 7.75. The summed E-state index contributed by atoms with van der Waals surface area (Å²) in [5, 5.41) is 5.43. The summed E-state index contributed by atoms with van der Waals surface area (Å²) in [6.07, 6.45) is -0.326. The molecule has 0 spiro atoms. The molecule has 0 aliphatic carbocycles. The molecule has 0 unspecified atom stereocenters. The Morgan fingerprint density at radius 3 is 2.24 bits per heavy atom. The number of rotatable bonds is 9. The third-order valence-electron chi connectivity index (χ3n) is 3.88. The molecular formula is C23H30N2O4.